The van der Waals surface area contributed by atoms with Crippen molar-refractivity contribution in [2.45, 2.75) is 13.0 Å². The molecule has 0 bridgehead atoms. The molecule has 3 N–H and O–H groups in total. The van der Waals surface area contributed by atoms with Gasteiger partial charge in [-0.05, 0) is 24.6 Å². The number of aliphatic hydroxyl groups excluding tert-OH is 1. The lowest BCUT2D eigenvalue weighted by molar-refractivity contribution is -0.153. The Morgan fingerprint density at radius 3 is 2.57 bits per heavy atom. The number of benzene rings is 1. The topological polar surface area (TPSA) is 72.5 Å². The molecule has 0 aromatic heterocycles. The molecule has 0 aliphatic heterocycles. The van der Waals surface area contributed by atoms with E-state index in [0.717, 1.165) is 0 Å². The molecule has 4 nitrogen and oxygen atoms in total. The molecule has 0 radical (unpaired) electrons. The molecule has 14 heavy (non-hydrogen) atoms. The summed E-state index contributed by atoms with van der Waals surface area (Å²) in [6.45, 7) is 1.94. The van der Waals surface area contributed by atoms with Crippen molar-refractivity contribution in [3.05, 3.63) is 29.8 Å². The number of hydrogen-bond acceptors (Lipinski definition) is 4. The van der Waals surface area contributed by atoms with E-state index in [9.17, 15) is 9.90 Å². The maximum Gasteiger partial charge on any atom is 0.339 e. The Morgan fingerprint density at radius 1 is 1.50 bits per heavy atom. The van der Waals surface area contributed by atoms with Crippen molar-refractivity contribution in [3.8, 4) is 0 Å². The standard InChI is InChI=1S/C10H13NO3/c1-2-14-10(13)9(12)7-3-5-8(11)6-4-7/h3-6,9,12H,2,11H2,1H3/t9-/m0/s1. The molecule has 0 aliphatic carbocycles. The third-order valence-corrected chi connectivity index (χ3v) is 1.76. The number of nitrogen functional groups attached to an aromatic ring is 1. The molecule has 0 saturated heterocycles. The zero-order chi connectivity index (χ0) is 10.6. The molecule has 0 heterocycles. The lowest BCUT2D eigenvalue weighted by atomic mass is 10.1. The van der Waals surface area contributed by atoms with Crippen molar-refractivity contribution in [2.75, 3.05) is 12.3 Å². The third kappa shape index (κ3) is 2.47. The van der Waals surface area contributed by atoms with Gasteiger partial charge in [0.2, 0.25) is 0 Å². The normalized spacial score (nSPS) is 12.1. The number of carbonyl (C=O) groups excluding carboxylic acids is 1. The van der Waals surface area contributed by atoms with E-state index < -0.39 is 12.1 Å². The van der Waals surface area contributed by atoms with Gasteiger partial charge in [0.05, 0.1) is 6.61 Å². The number of rotatable bonds is 3. The monoisotopic (exact) mass is 195 g/mol. The Hall–Kier alpha value is -1.55. The van der Waals surface area contributed by atoms with E-state index in [1.165, 1.54) is 0 Å². The van der Waals surface area contributed by atoms with E-state index in [1.807, 2.05) is 0 Å². The van der Waals surface area contributed by atoms with Crippen LogP contribution in [0.5, 0.6) is 0 Å². The molecule has 0 amide bonds. The second-order valence-electron chi connectivity index (χ2n) is 2.82. The molecule has 1 rings (SSSR count). The van der Waals surface area contributed by atoms with Gasteiger partial charge in [-0.25, -0.2) is 4.79 Å². The number of nitrogens with two attached hydrogens (primary N) is 1. The Balaban J connectivity index is 2.73. The molecule has 0 fully saturated rings. The first-order valence-electron chi connectivity index (χ1n) is 4.35. The molecule has 1 aromatic rings. The van der Waals surface area contributed by atoms with E-state index >= 15 is 0 Å². The number of aliphatic hydroxyl groups is 1. The maximum absolute atomic E-state index is 11.1. The number of carbonyl (C=O) groups is 1. The van der Waals surface area contributed by atoms with Crippen LogP contribution in [0.15, 0.2) is 24.3 Å². The van der Waals surface area contributed by atoms with Crippen LogP contribution in [0.25, 0.3) is 0 Å². The summed E-state index contributed by atoms with van der Waals surface area (Å²) in [7, 11) is 0. The van der Waals surface area contributed by atoms with Gasteiger partial charge >= 0.3 is 5.97 Å². The summed E-state index contributed by atoms with van der Waals surface area (Å²) in [5.41, 5.74) is 6.54. The van der Waals surface area contributed by atoms with Crippen LogP contribution >= 0.6 is 0 Å². The van der Waals surface area contributed by atoms with Gasteiger partial charge in [0.1, 0.15) is 0 Å². The molecular formula is C10H13NO3. The van der Waals surface area contributed by atoms with Crippen LogP contribution in [-0.2, 0) is 9.53 Å². The van der Waals surface area contributed by atoms with Gasteiger partial charge in [-0.2, -0.15) is 0 Å². The molecular weight excluding hydrogens is 182 g/mol. The predicted molar refractivity (Wildman–Crippen MR) is 52.4 cm³/mol. The Morgan fingerprint density at radius 2 is 2.07 bits per heavy atom. The zero-order valence-corrected chi connectivity index (χ0v) is 7.93. The highest BCUT2D eigenvalue weighted by Gasteiger charge is 2.17. The van der Waals surface area contributed by atoms with Crippen LogP contribution in [0, 0.1) is 0 Å². The van der Waals surface area contributed by atoms with Crippen LogP contribution in [0.3, 0.4) is 0 Å². The van der Waals surface area contributed by atoms with Crippen LogP contribution in [-0.4, -0.2) is 17.7 Å². The summed E-state index contributed by atoms with van der Waals surface area (Å²) in [5.74, 6) is -0.641. The second kappa shape index (κ2) is 4.62. The van der Waals surface area contributed by atoms with E-state index in [-0.39, 0.29) is 6.61 Å². The smallest absolute Gasteiger partial charge is 0.339 e. The van der Waals surface area contributed by atoms with E-state index in [2.05, 4.69) is 4.74 Å². The average Bonchev–Trinajstić information content (AvgIpc) is 2.18. The van der Waals surface area contributed by atoms with Crippen molar-refractivity contribution in [2.24, 2.45) is 0 Å². The Bertz CT molecular complexity index is 308. The van der Waals surface area contributed by atoms with Gasteiger partial charge < -0.3 is 15.6 Å². The molecule has 4 heteroatoms. The van der Waals surface area contributed by atoms with Gasteiger partial charge in [0, 0.05) is 5.69 Å². The first kappa shape index (κ1) is 10.5. The van der Waals surface area contributed by atoms with E-state index in [0.29, 0.717) is 11.3 Å². The fourth-order valence-electron chi connectivity index (χ4n) is 1.04. The summed E-state index contributed by atoms with van der Waals surface area (Å²) in [5, 5.41) is 9.50. The molecule has 76 valence electrons. The van der Waals surface area contributed by atoms with Crippen LogP contribution in [0.4, 0.5) is 5.69 Å². The lowest BCUT2D eigenvalue weighted by Gasteiger charge is -2.09. The largest absolute Gasteiger partial charge is 0.464 e. The third-order valence-electron chi connectivity index (χ3n) is 1.76. The minimum absolute atomic E-state index is 0.255. The number of anilines is 1. The number of ether oxygens (including phenoxy) is 1. The van der Waals surface area contributed by atoms with E-state index in [4.69, 9.17) is 5.73 Å². The molecule has 0 spiro atoms. The summed E-state index contributed by atoms with van der Waals surface area (Å²) in [6.07, 6.45) is -1.23. The summed E-state index contributed by atoms with van der Waals surface area (Å²) in [6, 6.07) is 6.43. The minimum Gasteiger partial charge on any atom is -0.464 e. The highest BCUT2D eigenvalue weighted by molar-refractivity contribution is 5.76. The SMILES string of the molecule is CCOC(=O)[C@@H](O)c1ccc(N)cc1. The van der Waals surface area contributed by atoms with Crippen molar-refractivity contribution < 1.29 is 14.6 Å². The molecule has 1 atom stereocenters. The van der Waals surface area contributed by atoms with Gasteiger partial charge in [-0.15, -0.1) is 0 Å². The van der Waals surface area contributed by atoms with Gasteiger partial charge in [-0.3, -0.25) is 0 Å². The number of esters is 1. The van der Waals surface area contributed by atoms with Crippen molar-refractivity contribution >= 4 is 11.7 Å². The second-order valence-corrected chi connectivity index (χ2v) is 2.82. The molecule has 1 aromatic carbocycles. The molecule has 0 aliphatic rings. The number of hydrogen-bond donors (Lipinski definition) is 2. The fraction of sp³-hybridized carbons (Fsp3) is 0.300. The molecule has 0 saturated carbocycles. The zero-order valence-electron chi connectivity index (χ0n) is 7.93. The van der Waals surface area contributed by atoms with E-state index in [1.54, 1.807) is 31.2 Å². The molecule has 0 unspecified atom stereocenters. The minimum atomic E-state index is -1.23. The van der Waals surface area contributed by atoms with Crippen LogP contribution in [0.1, 0.15) is 18.6 Å². The maximum atomic E-state index is 11.1. The highest BCUT2D eigenvalue weighted by atomic mass is 16.5. The van der Waals surface area contributed by atoms with Crippen LogP contribution < -0.4 is 5.73 Å². The Labute approximate surface area is 82.3 Å². The quantitative estimate of drug-likeness (QED) is 0.554. The summed E-state index contributed by atoms with van der Waals surface area (Å²) < 4.78 is 4.67. The van der Waals surface area contributed by atoms with Gasteiger partial charge in [0.25, 0.3) is 0 Å². The van der Waals surface area contributed by atoms with Gasteiger partial charge in [-0.1, -0.05) is 12.1 Å². The fourth-order valence-corrected chi connectivity index (χ4v) is 1.04. The van der Waals surface area contributed by atoms with Crippen LogP contribution in [0.2, 0.25) is 0 Å². The highest BCUT2D eigenvalue weighted by Crippen LogP contribution is 2.15. The average molecular weight is 195 g/mol. The summed E-state index contributed by atoms with van der Waals surface area (Å²) >= 11 is 0. The first-order valence-corrected chi connectivity index (χ1v) is 4.35. The predicted octanol–water partition coefficient (Wildman–Crippen LogP) is 0.865. The van der Waals surface area contributed by atoms with Gasteiger partial charge in [0.15, 0.2) is 6.10 Å². The summed E-state index contributed by atoms with van der Waals surface area (Å²) in [4.78, 5) is 11.1. The van der Waals surface area contributed by atoms with Crippen molar-refractivity contribution in [1.29, 1.82) is 0 Å². The lowest BCUT2D eigenvalue weighted by Crippen LogP contribution is -2.15. The Kier molecular flexibility index (Phi) is 3.48. The first-order chi connectivity index (χ1) is 6.65. The van der Waals surface area contributed by atoms with Crippen molar-refractivity contribution in [3.63, 3.8) is 0 Å². The van der Waals surface area contributed by atoms with Crippen molar-refractivity contribution in [1.82, 2.24) is 0 Å².